The summed E-state index contributed by atoms with van der Waals surface area (Å²) >= 11 is 0.972. The number of hydrogen-bond donors (Lipinski definition) is 7. The summed E-state index contributed by atoms with van der Waals surface area (Å²) in [5, 5.41) is 28.4. The standard InChI is InChI=1S/C22H32N12O8S2/c23-6-3-7-26-20(24)27-8-12-9-28-33(31-12)10-14-16(18(36)34(14)44(39,40)41)30-17(35)15(13-11-43-21(25)29-13)32-42-22(19(37)38)4-1-2-5-22/h9,11,14,16H,1-8,10,23H2,(H2,25,29)(H,30,35)(H,37,38)(H3,24,26,27)(H,39,40,41)/b32-15-/t14-,16+/m1/s1. The first-order valence-electron chi connectivity index (χ1n) is 13.3. The molecule has 0 aromatic carbocycles. The number of oxime groups is 1. The van der Waals surface area contributed by atoms with Crippen molar-refractivity contribution < 1.29 is 37.3 Å². The lowest BCUT2D eigenvalue weighted by Crippen LogP contribution is -2.73. The predicted octanol–water partition coefficient (Wildman–Crippen LogP) is -2.61. The van der Waals surface area contributed by atoms with Crippen molar-refractivity contribution >= 4 is 56.2 Å². The molecule has 2 fully saturated rings. The molecule has 22 heteroatoms. The molecular weight excluding hydrogens is 624 g/mol. The number of anilines is 1. The second-order valence-corrected chi connectivity index (χ2v) is 12.1. The first-order valence-corrected chi connectivity index (χ1v) is 15.6. The molecule has 240 valence electrons. The number of carboxylic acids is 1. The summed E-state index contributed by atoms with van der Waals surface area (Å²) in [5.74, 6) is -3.27. The number of nitrogens with two attached hydrogens (primary N) is 3. The number of hydrogen-bond acceptors (Lipinski definition) is 14. The lowest BCUT2D eigenvalue weighted by Gasteiger charge is -2.43. The number of aliphatic imine (C=N–C) groups is 1. The average molecular weight is 657 g/mol. The molecule has 44 heavy (non-hydrogen) atoms. The van der Waals surface area contributed by atoms with Gasteiger partial charge in [0.05, 0.1) is 19.3 Å². The maximum absolute atomic E-state index is 13.4. The van der Waals surface area contributed by atoms with E-state index in [0.717, 1.165) is 16.1 Å². The van der Waals surface area contributed by atoms with E-state index in [4.69, 9.17) is 22.0 Å². The molecule has 0 bridgehead atoms. The van der Waals surface area contributed by atoms with Gasteiger partial charge in [0.1, 0.15) is 23.5 Å². The summed E-state index contributed by atoms with van der Waals surface area (Å²) in [5.41, 5.74) is 15.1. The van der Waals surface area contributed by atoms with Crippen LogP contribution in [0.4, 0.5) is 5.13 Å². The molecule has 0 unspecified atom stereocenters. The Labute approximate surface area is 254 Å². The van der Waals surface area contributed by atoms with Gasteiger partial charge in [-0.1, -0.05) is 5.16 Å². The van der Waals surface area contributed by atoms with E-state index in [2.05, 4.69) is 36.0 Å². The second-order valence-electron chi connectivity index (χ2n) is 9.90. The number of thiazole rings is 1. The van der Waals surface area contributed by atoms with Crippen LogP contribution in [0.2, 0.25) is 0 Å². The SMILES string of the molecule is NCCCNC(N)=NCc1cnn(C[C@@H]2[C@H](NC(=O)/C(=N\OC3(C(=O)O)CCCC3)c3csc(N)n3)C(=O)N2S(=O)(=O)O)n1. The molecule has 4 rings (SSSR count). The van der Waals surface area contributed by atoms with Crippen molar-refractivity contribution in [1.82, 2.24) is 34.9 Å². The minimum atomic E-state index is -5.03. The smallest absolute Gasteiger partial charge is 0.362 e. The maximum atomic E-state index is 13.4. The van der Waals surface area contributed by atoms with Gasteiger partial charge in [-0.25, -0.2) is 19.1 Å². The monoisotopic (exact) mass is 656 g/mol. The quantitative estimate of drug-likeness (QED) is 0.0273. The number of aromatic nitrogens is 4. The molecule has 2 amide bonds. The zero-order valence-corrected chi connectivity index (χ0v) is 24.8. The third-order valence-corrected chi connectivity index (χ3v) is 8.45. The number of carboxylic acid groups (broad SMARTS) is 1. The zero-order valence-electron chi connectivity index (χ0n) is 23.2. The van der Waals surface area contributed by atoms with Crippen molar-refractivity contribution in [2.24, 2.45) is 21.6 Å². The number of rotatable bonds is 14. The first-order chi connectivity index (χ1) is 20.8. The Morgan fingerprint density at radius 2 is 2.02 bits per heavy atom. The minimum absolute atomic E-state index is 0.0294. The number of guanidine groups is 1. The molecule has 2 aliphatic rings. The number of carbonyl (C=O) groups excluding carboxylic acids is 2. The number of aliphatic carboxylic acids is 1. The van der Waals surface area contributed by atoms with Gasteiger partial charge in [0.2, 0.25) is 5.60 Å². The number of amides is 2. The molecule has 1 aliphatic heterocycles. The van der Waals surface area contributed by atoms with Crippen LogP contribution >= 0.6 is 11.3 Å². The van der Waals surface area contributed by atoms with Crippen molar-refractivity contribution in [3.05, 3.63) is 23.0 Å². The highest BCUT2D eigenvalue weighted by Crippen LogP contribution is 2.34. The fourth-order valence-corrected chi connectivity index (χ4v) is 6.00. The molecule has 10 N–H and O–H groups in total. The van der Waals surface area contributed by atoms with Gasteiger partial charge in [-0.3, -0.25) is 14.1 Å². The summed E-state index contributed by atoms with van der Waals surface area (Å²) in [6, 6.07) is -2.84. The first kappa shape index (κ1) is 32.5. The molecule has 2 aromatic rings. The van der Waals surface area contributed by atoms with Crippen molar-refractivity contribution in [3.63, 3.8) is 0 Å². The van der Waals surface area contributed by atoms with E-state index >= 15 is 0 Å². The van der Waals surface area contributed by atoms with Crippen molar-refractivity contribution in [3.8, 4) is 0 Å². The van der Waals surface area contributed by atoms with Gasteiger partial charge in [0, 0.05) is 24.8 Å². The predicted molar refractivity (Wildman–Crippen MR) is 154 cm³/mol. The van der Waals surface area contributed by atoms with Crippen LogP contribution in [0, 0.1) is 0 Å². The lowest BCUT2D eigenvalue weighted by atomic mass is 9.98. The summed E-state index contributed by atoms with van der Waals surface area (Å²) < 4.78 is 33.8. The lowest BCUT2D eigenvalue weighted by molar-refractivity contribution is -0.165. The number of nitrogens with zero attached hydrogens (tertiary/aromatic N) is 7. The van der Waals surface area contributed by atoms with Crippen molar-refractivity contribution in [2.75, 3.05) is 18.8 Å². The topological polar surface area (TPSA) is 309 Å². The Morgan fingerprint density at radius 1 is 1.30 bits per heavy atom. The highest BCUT2D eigenvalue weighted by molar-refractivity contribution is 7.84. The van der Waals surface area contributed by atoms with Crippen LogP contribution in [0.15, 0.2) is 21.7 Å². The van der Waals surface area contributed by atoms with Gasteiger partial charge >= 0.3 is 16.3 Å². The average Bonchev–Trinajstić information content (AvgIpc) is 3.72. The largest absolute Gasteiger partial charge is 0.478 e. The van der Waals surface area contributed by atoms with Crippen molar-refractivity contribution in [1.29, 1.82) is 0 Å². The van der Waals surface area contributed by atoms with E-state index in [-0.39, 0.29) is 47.0 Å². The third-order valence-electron chi connectivity index (χ3n) is 6.83. The number of nitrogen functional groups attached to an aromatic ring is 1. The Kier molecular flexibility index (Phi) is 9.96. The van der Waals surface area contributed by atoms with Gasteiger partial charge in [0.25, 0.3) is 11.8 Å². The highest BCUT2D eigenvalue weighted by Gasteiger charge is 2.55. The van der Waals surface area contributed by atoms with Gasteiger partial charge in [-0.05, 0) is 25.8 Å². The van der Waals surface area contributed by atoms with Crippen LogP contribution in [-0.2, 0) is 42.6 Å². The molecule has 2 aromatic heterocycles. The Morgan fingerprint density at radius 3 is 2.64 bits per heavy atom. The van der Waals surface area contributed by atoms with Crippen LogP contribution < -0.4 is 27.8 Å². The van der Waals surface area contributed by atoms with Crippen LogP contribution in [-0.4, -0.2) is 103 Å². The van der Waals surface area contributed by atoms with E-state index < -0.39 is 51.5 Å². The van der Waals surface area contributed by atoms with E-state index in [9.17, 15) is 32.5 Å². The fraction of sp³-hybridized carbons (Fsp3) is 0.545. The number of nitrogens with one attached hydrogen (secondary N) is 2. The summed E-state index contributed by atoms with van der Waals surface area (Å²) in [4.78, 5) is 52.7. The molecule has 1 saturated carbocycles. The van der Waals surface area contributed by atoms with Gasteiger partial charge in [-0.15, -0.1) is 11.3 Å². The third kappa shape index (κ3) is 7.38. The summed E-state index contributed by atoms with van der Waals surface area (Å²) in [6.45, 7) is 0.676. The fourth-order valence-electron chi connectivity index (χ4n) is 4.58. The minimum Gasteiger partial charge on any atom is -0.478 e. The number of β-lactam (4-membered cyclic amide) rings is 1. The molecule has 1 aliphatic carbocycles. The van der Waals surface area contributed by atoms with Gasteiger partial charge < -0.3 is 37.8 Å². The van der Waals surface area contributed by atoms with Gasteiger partial charge in [-0.2, -0.15) is 23.4 Å². The summed E-state index contributed by atoms with van der Waals surface area (Å²) in [6.07, 6.45) is 3.51. The van der Waals surface area contributed by atoms with E-state index in [0.29, 0.717) is 38.0 Å². The van der Waals surface area contributed by atoms with Crippen LogP contribution in [0.25, 0.3) is 0 Å². The molecule has 0 radical (unpaired) electrons. The molecule has 0 spiro atoms. The zero-order chi connectivity index (χ0) is 32.1. The Balaban J connectivity index is 1.52. The van der Waals surface area contributed by atoms with E-state index in [1.807, 2.05) is 0 Å². The van der Waals surface area contributed by atoms with E-state index in [1.54, 1.807) is 0 Å². The normalized spacial score (nSPS) is 20.3. The number of carbonyl (C=O) groups is 3. The van der Waals surface area contributed by atoms with Crippen LogP contribution in [0.3, 0.4) is 0 Å². The second kappa shape index (κ2) is 13.5. The van der Waals surface area contributed by atoms with Crippen molar-refractivity contribution in [2.45, 2.75) is 62.9 Å². The molecular formula is C22H32N12O8S2. The molecule has 2 atom stereocenters. The van der Waals surface area contributed by atoms with E-state index in [1.165, 1.54) is 11.6 Å². The highest BCUT2D eigenvalue weighted by atomic mass is 32.2. The molecule has 1 saturated heterocycles. The molecule has 20 nitrogen and oxygen atoms in total. The van der Waals surface area contributed by atoms with Gasteiger partial charge in [0.15, 0.2) is 16.8 Å². The molecule has 3 heterocycles. The Hall–Kier alpha value is -4.41. The maximum Gasteiger partial charge on any atom is 0.362 e. The Bertz CT molecular complexity index is 1550. The van der Waals surface area contributed by atoms with Crippen LogP contribution in [0.1, 0.15) is 43.5 Å². The summed E-state index contributed by atoms with van der Waals surface area (Å²) in [7, 11) is -5.03. The van der Waals surface area contributed by atoms with Crippen LogP contribution in [0.5, 0.6) is 0 Å².